The lowest BCUT2D eigenvalue weighted by atomic mass is 10.1. The summed E-state index contributed by atoms with van der Waals surface area (Å²) in [6.45, 7) is 5.09. The van der Waals surface area contributed by atoms with Crippen LogP contribution in [-0.4, -0.2) is 65.3 Å². The Morgan fingerprint density at radius 1 is 1.10 bits per heavy atom. The van der Waals surface area contributed by atoms with Gasteiger partial charge in [0, 0.05) is 24.7 Å². The van der Waals surface area contributed by atoms with Gasteiger partial charge in [0.15, 0.2) is 11.5 Å². The third-order valence-electron chi connectivity index (χ3n) is 5.29. The number of amides is 1. The Kier molecular flexibility index (Phi) is 4.88. The van der Waals surface area contributed by atoms with Crippen LogP contribution in [0.4, 0.5) is 11.6 Å². The van der Waals surface area contributed by atoms with Crippen LogP contribution in [0.25, 0.3) is 11.0 Å². The van der Waals surface area contributed by atoms with Crippen molar-refractivity contribution in [2.75, 3.05) is 44.8 Å². The minimum Gasteiger partial charge on any atom is -0.485 e. The normalized spacial score (nSPS) is 16.0. The van der Waals surface area contributed by atoms with E-state index < -0.39 is 0 Å². The summed E-state index contributed by atoms with van der Waals surface area (Å²) in [7, 11) is 0. The number of ether oxygens (including phenoxy) is 3. The number of carbonyl (C=O) groups excluding carboxylic acids is 1. The van der Waals surface area contributed by atoms with Crippen LogP contribution < -0.4 is 14.8 Å². The first-order valence-electron chi connectivity index (χ1n) is 10.1. The van der Waals surface area contributed by atoms with Crippen LogP contribution in [0.2, 0.25) is 0 Å². The van der Waals surface area contributed by atoms with Crippen molar-refractivity contribution in [3.8, 4) is 11.5 Å². The zero-order valence-electron chi connectivity index (χ0n) is 16.7. The number of aromatic amines is 1. The van der Waals surface area contributed by atoms with Crippen LogP contribution in [0, 0.1) is 0 Å². The second-order valence-corrected chi connectivity index (χ2v) is 7.13. The molecule has 2 aliphatic rings. The quantitative estimate of drug-likeness (QED) is 0.683. The average molecular weight is 409 g/mol. The minimum absolute atomic E-state index is 0.0797. The number of nitrogens with one attached hydrogen (secondary N) is 2. The molecule has 9 nitrogen and oxygen atoms in total. The molecule has 2 aliphatic heterocycles. The van der Waals surface area contributed by atoms with E-state index >= 15 is 0 Å². The molecule has 5 rings (SSSR count). The van der Waals surface area contributed by atoms with Crippen molar-refractivity contribution < 1.29 is 19.0 Å². The number of fused-ring (bicyclic) bond motifs is 2. The van der Waals surface area contributed by atoms with E-state index in [4.69, 9.17) is 14.2 Å². The molecule has 1 aromatic carbocycles. The van der Waals surface area contributed by atoms with E-state index in [1.807, 2.05) is 18.3 Å². The molecule has 2 N–H and O–H groups in total. The fourth-order valence-corrected chi connectivity index (χ4v) is 3.79. The Morgan fingerprint density at radius 2 is 1.90 bits per heavy atom. The highest BCUT2D eigenvalue weighted by molar-refractivity contribution is 5.99. The number of hydrogen-bond donors (Lipinski definition) is 2. The van der Waals surface area contributed by atoms with Crippen molar-refractivity contribution >= 4 is 28.6 Å². The molecule has 0 spiro atoms. The molecule has 0 unspecified atom stereocenters. The number of anilines is 2. The molecule has 0 bridgehead atoms. The number of carbonyl (C=O) groups is 1. The third-order valence-corrected chi connectivity index (χ3v) is 5.29. The van der Waals surface area contributed by atoms with E-state index in [1.54, 1.807) is 11.0 Å². The van der Waals surface area contributed by atoms with Crippen molar-refractivity contribution in [2.45, 2.75) is 13.3 Å². The predicted molar refractivity (Wildman–Crippen MR) is 111 cm³/mol. The number of aromatic nitrogens is 3. The number of aryl methyl sites for hydroxylation is 1. The Morgan fingerprint density at radius 3 is 2.70 bits per heavy atom. The molecule has 9 heteroatoms. The van der Waals surface area contributed by atoms with Gasteiger partial charge in [0.05, 0.1) is 30.2 Å². The van der Waals surface area contributed by atoms with E-state index in [-0.39, 0.29) is 5.91 Å². The highest BCUT2D eigenvalue weighted by Crippen LogP contribution is 2.42. The maximum Gasteiger partial charge on any atom is 0.257 e. The van der Waals surface area contributed by atoms with Crippen LogP contribution >= 0.6 is 0 Å². The standard InChI is InChI=1S/C21H23N5O4/c1-2-15-13-5-6-22-19(13)25-21(23-15)24-16-4-3-14(17-18(16)30-12-11-29-17)20(27)26-7-9-28-10-8-26/h3-6H,2,7-12H2,1H3,(H2,22,23,24,25). The molecule has 0 aliphatic carbocycles. The lowest BCUT2D eigenvalue weighted by Gasteiger charge is -2.29. The van der Waals surface area contributed by atoms with Crippen molar-refractivity contribution in [2.24, 2.45) is 0 Å². The zero-order chi connectivity index (χ0) is 20.5. The van der Waals surface area contributed by atoms with Gasteiger partial charge < -0.3 is 29.4 Å². The summed E-state index contributed by atoms with van der Waals surface area (Å²) >= 11 is 0. The maximum atomic E-state index is 13.0. The first-order chi connectivity index (χ1) is 14.7. The molecule has 0 atom stereocenters. The number of nitrogens with zero attached hydrogens (tertiary/aromatic N) is 3. The number of H-pyrrole nitrogens is 1. The van der Waals surface area contributed by atoms with Crippen molar-refractivity contribution in [1.82, 2.24) is 19.9 Å². The molecular formula is C21H23N5O4. The van der Waals surface area contributed by atoms with Gasteiger partial charge in [-0.15, -0.1) is 0 Å². The lowest BCUT2D eigenvalue weighted by molar-refractivity contribution is 0.0298. The molecule has 4 heterocycles. The lowest BCUT2D eigenvalue weighted by Crippen LogP contribution is -2.41. The minimum atomic E-state index is -0.0797. The van der Waals surface area contributed by atoms with Gasteiger partial charge in [-0.25, -0.2) is 4.98 Å². The Bertz CT molecular complexity index is 1090. The van der Waals surface area contributed by atoms with Gasteiger partial charge in [0.2, 0.25) is 5.95 Å². The summed E-state index contributed by atoms with van der Waals surface area (Å²) in [4.78, 5) is 27.1. The van der Waals surface area contributed by atoms with E-state index in [0.717, 1.165) is 23.1 Å². The van der Waals surface area contributed by atoms with Crippen molar-refractivity contribution in [1.29, 1.82) is 0 Å². The monoisotopic (exact) mass is 409 g/mol. The molecule has 30 heavy (non-hydrogen) atoms. The van der Waals surface area contributed by atoms with Gasteiger partial charge in [-0.05, 0) is 24.6 Å². The van der Waals surface area contributed by atoms with Crippen LogP contribution in [0.15, 0.2) is 24.4 Å². The predicted octanol–water partition coefficient (Wildman–Crippen LogP) is 2.51. The Hall–Kier alpha value is -3.33. The summed E-state index contributed by atoms with van der Waals surface area (Å²) in [5.74, 6) is 1.35. The highest BCUT2D eigenvalue weighted by Gasteiger charge is 2.28. The molecular weight excluding hydrogens is 386 g/mol. The number of benzene rings is 1. The van der Waals surface area contributed by atoms with Gasteiger partial charge in [-0.1, -0.05) is 6.92 Å². The van der Waals surface area contributed by atoms with Crippen LogP contribution in [0.5, 0.6) is 11.5 Å². The van der Waals surface area contributed by atoms with E-state index in [9.17, 15) is 4.79 Å². The Labute approximate surface area is 173 Å². The third kappa shape index (κ3) is 3.30. The molecule has 1 fully saturated rings. The van der Waals surface area contributed by atoms with Gasteiger partial charge >= 0.3 is 0 Å². The maximum absolute atomic E-state index is 13.0. The first kappa shape index (κ1) is 18.7. The number of hydrogen-bond acceptors (Lipinski definition) is 7. The van der Waals surface area contributed by atoms with Gasteiger partial charge in [0.25, 0.3) is 5.91 Å². The van der Waals surface area contributed by atoms with Gasteiger partial charge in [-0.3, -0.25) is 4.79 Å². The number of morpholine rings is 1. The summed E-state index contributed by atoms with van der Waals surface area (Å²) in [6, 6.07) is 5.55. The average Bonchev–Trinajstić information content (AvgIpc) is 3.27. The highest BCUT2D eigenvalue weighted by atomic mass is 16.6. The molecule has 3 aromatic rings. The van der Waals surface area contributed by atoms with Gasteiger partial charge in [0.1, 0.15) is 18.9 Å². The second-order valence-electron chi connectivity index (χ2n) is 7.13. The Balaban J connectivity index is 1.50. The molecule has 2 aromatic heterocycles. The fourth-order valence-electron chi connectivity index (χ4n) is 3.79. The first-order valence-corrected chi connectivity index (χ1v) is 10.1. The molecule has 1 saturated heterocycles. The fraction of sp³-hybridized carbons (Fsp3) is 0.381. The molecule has 1 amide bonds. The van der Waals surface area contributed by atoms with Crippen LogP contribution in [0.1, 0.15) is 23.0 Å². The van der Waals surface area contributed by atoms with E-state index in [0.29, 0.717) is 68.2 Å². The molecule has 156 valence electrons. The van der Waals surface area contributed by atoms with E-state index in [2.05, 4.69) is 27.2 Å². The van der Waals surface area contributed by atoms with Crippen molar-refractivity contribution in [3.63, 3.8) is 0 Å². The molecule has 0 saturated carbocycles. The summed E-state index contributed by atoms with van der Waals surface area (Å²) in [5, 5.41) is 4.25. The summed E-state index contributed by atoms with van der Waals surface area (Å²) in [6.07, 6.45) is 2.64. The SMILES string of the molecule is CCc1nc(Nc2ccc(C(=O)N3CCOCC3)c3c2OCCO3)nc2[nH]ccc12. The largest absolute Gasteiger partial charge is 0.485 e. The van der Waals surface area contributed by atoms with Crippen LogP contribution in [-0.2, 0) is 11.2 Å². The molecule has 0 radical (unpaired) electrons. The second kappa shape index (κ2) is 7.83. The number of rotatable bonds is 4. The zero-order valence-corrected chi connectivity index (χ0v) is 16.7. The smallest absolute Gasteiger partial charge is 0.257 e. The summed E-state index contributed by atoms with van der Waals surface area (Å²) in [5.41, 5.74) is 2.88. The summed E-state index contributed by atoms with van der Waals surface area (Å²) < 4.78 is 17.1. The van der Waals surface area contributed by atoms with E-state index in [1.165, 1.54) is 0 Å². The topological polar surface area (TPSA) is 102 Å². The van der Waals surface area contributed by atoms with Gasteiger partial charge in [-0.2, -0.15) is 4.98 Å². The van der Waals surface area contributed by atoms with Crippen LogP contribution in [0.3, 0.4) is 0 Å². The van der Waals surface area contributed by atoms with Crippen molar-refractivity contribution in [3.05, 3.63) is 35.7 Å².